The van der Waals surface area contributed by atoms with Crippen LogP contribution in [0.1, 0.15) is 81.8 Å². The third kappa shape index (κ3) is 3.26. The van der Waals surface area contributed by atoms with Crippen LogP contribution in [-0.2, 0) is 0 Å². The van der Waals surface area contributed by atoms with Gasteiger partial charge in [-0.05, 0) is 123 Å². The number of fused-ring (bicyclic) bond motifs is 2. The van der Waals surface area contributed by atoms with Crippen molar-refractivity contribution in [1.29, 1.82) is 0 Å². The lowest BCUT2D eigenvalue weighted by molar-refractivity contribution is 0.102. The second-order valence-corrected chi connectivity index (χ2v) is 9.28. The van der Waals surface area contributed by atoms with Gasteiger partial charge in [-0.25, -0.2) is 0 Å². The van der Waals surface area contributed by atoms with Crippen molar-refractivity contribution in [1.82, 2.24) is 0 Å². The van der Waals surface area contributed by atoms with Crippen LogP contribution in [0.15, 0.2) is 58.7 Å². The molecule has 4 rings (SSSR count). The van der Waals surface area contributed by atoms with Crippen LogP contribution in [-0.4, -0.2) is 11.6 Å². The van der Waals surface area contributed by atoms with Crippen LogP contribution in [0, 0.1) is 27.7 Å². The number of carbonyl (C=O) groups excluding carboxylic acids is 2. The van der Waals surface area contributed by atoms with E-state index in [9.17, 15) is 9.59 Å². The Morgan fingerprint density at radius 3 is 1.03 bits per heavy atom. The number of ketones is 2. The molecule has 0 bridgehead atoms. The van der Waals surface area contributed by atoms with Gasteiger partial charge in [-0.15, -0.1) is 0 Å². The van der Waals surface area contributed by atoms with Gasteiger partial charge in [0.15, 0.2) is 11.6 Å². The highest BCUT2D eigenvalue weighted by atomic mass is 16.1. The summed E-state index contributed by atoms with van der Waals surface area (Å²) < 4.78 is 0. The van der Waals surface area contributed by atoms with E-state index < -0.39 is 0 Å². The van der Waals surface area contributed by atoms with Gasteiger partial charge in [-0.2, -0.15) is 0 Å². The third-order valence-corrected chi connectivity index (χ3v) is 7.37. The fourth-order valence-electron chi connectivity index (χ4n) is 4.60. The lowest BCUT2D eigenvalue weighted by atomic mass is 9.79. The van der Waals surface area contributed by atoms with Crippen molar-refractivity contribution in [2.24, 2.45) is 0 Å². The highest BCUT2D eigenvalue weighted by molar-refractivity contribution is 6.18. The number of allylic oxidation sites excluding steroid dienone is 8. The van der Waals surface area contributed by atoms with E-state index in [0.717, 1.165) is 66.8 Å². The van der Waals surface area contributed by atoms with Gasteiger partial charge in [0, 0.05) is 22.3 Å². The Hall–Kier alpha value is -3.26. The van der Waals surface area contributed by atoms with E-state index in [1.165, 1.54) is 11.1 Å². The van der Waals surface area contributed by atoms with E-state index >= 15 is 0 Å². The number of rotatable bonds is 1. The zero-order valence-corrected chi connectivity index (χ0v) is 20.3. The van der Waals surface area contributed by atoms with Crippen LogP contribution in [0.2, 0.25) is 0 Å². The largest absolute Gasteiger partial charge is 0.289 e. The molecule has 2 aromatic rings. The second-order valence-electron chi connectivity index (χ2n) is 9.28. The zero-order valence-electron chi connectivity index (χ0n) is 20.3. The number of Topliss-reactive ketones (excluding diaryl/α,β-unsaturated/α-hetero) is 2. The summed E-state index contributed by atoms with van der Waals surface area (Å²) in [5.41, 5.74) is 13.9. The molecule has 0 heterocycles. The molecule has 2 aliphatic rings. The minimum atomic E-state index is 0.108. The maximum atomic E-state index is 13.0. The summed E-state index contributed by atoms with van der Waals surface area (Å²) in [7, 11) is 0. The number of benzene rings is 2. The molecule has 0 aromatic heterocycles. The Morgan fingerprint density at radius 2 is 0.719 bits per heavy atom. The molecule has 0 aliphatic heterocycles. The molecule has 0 amide bonds. The summed E-state index contributed by atoms with van der Waals surface area (Å²) >= 11 is 0. The summed E-state index contributed by atoms with van der Waals surface area (Å²) in [6.07, 6.45) is 4.25. The highest BCUT2D eigenvalue weighted by Crippen LogP contribution is 2.39. The van der Waals surface area contributed by atoms with Gasteiger partial charge >= 0.3 is 0 Å². The molecule has 2 aromatic carbocycles. The van der Waals surface area contributed by atoms with Crippen LogP contribution in [0.3, 0.4) is 0 Å². The lowest BCUT2D eigenvalue weighted by Gasteiger charge is -2.24. The summed E-state index contributed by atoms with van der Waals surface area (Å²) in [6, 6.07) is 8.28. The number of hydrogen-bond donors (Lipinski definition) is 0. The summed E-state index contributed by atoms with van der Waals surface area (Å²) in [4.78, 5) is 25.9. The quantitative estimate of drug-likeness (QED) is 0.478. The highest BCUT2D eigenvalue weighted by Gasteiger charge is 2.27. The van der Waals surface area contributed by atoms with Gasteiger partial charge in [0.05, 0.1) is 0 Å². The van der Waals surface area contributed by atoms with Crippen LogP contribution in [0.4, 0.5) is 0 Å². The molecule has 2 heteroatoms. The Balaban J connectivity index is 1.98. The molecule has 0 radical (unpaired) electrons. The molecule has 0 fully saturated rings. The monoisotopic (exact) mass is 422 g/mol. The predicted octanol–water partition coefficient (Wildman–Crippen LogP) is 7.45. The van der Waals surface area contributed by atoms with E-state index in [2.05, 4.69) is 38.1 Å². The normalized spacial score (nSPS) is 18.6. The van der Waals surface area contributed by atoms with E-state index in [1.54, 1.807) is 0 Å². The van der Waals surface area contributed by atoms with Crippen LogP contribution in [0.5, 0.6) is 0 Å². The van der Waals surface area contributed by atoms with Crippen molar-refractivity contribution in [2.45, 2.75) is 55.4 Å². The van der Waals surface area contributed by atoms with Crippen LogP contribution in [0.25, 0.3) is 11.1 Å². The fraction of sp³-hybridized carbons (Fsp3) is 0.267. The first-order valence-corrected chi connectivity index (χ1v) is 11.1. The van der Waals surface area contributed by atoms with E-state index in [0.29, 0.717) is 0 Å². The van der Waals surface area contributed by atoms with Crippen LogP contribution >= 0.6 is 0 Å². The summed E-state index contributed by atoms with van der Waals surface area (Å²) in [5.74, 6) is 0.217. The molecule has 0 spiro atoms. The van der Waals surface area contributed by atoms with E-state index in [-0.39, 0.29) is 11.6 Å². The number of aryl methyl sites for hydroxylation is 4. The molecule has 0 unspecified atom stereocenters. The SMILES string of the molecule is CC1=C(C)/C(=C\C=C2\C(C)=C(C)C(=O)c3cc(C)c(C)cc32)c2cc(C)c(C)cc2C1=O. The first-order chi connectivity index (χ1) is 15.0. The minimum absolute atomic E-state index is 0.108. The number of carbonyl (C=O) groups is 2. The van der Waals surface area contributed by atoms with E-state index in [4.69, 9.17) is 0 Å². The van der Waals surface area contributed by atoms with Gasteiger partial charge in [-0.3, -0.25) is 9.59 Å². The maximum Gasteiger partial charge on any atom is 0.189 e. The Morgan fingerprint density at radius 1 is 0.438 bits per heavy atom. The first-order valence-electron chi connectivity index (χ1n) is 11.1. The van der Waals surface area contributed by atoms with Crippen molar-refractivity contribution in [3.05, 3.63) is 103 Å². The van der Waals surface area contributed by atoms with Crippen molar-refractivity contribution < 1.29 is 9.59 Å². The van der Waals surface area contributed by atoms with Crippen molar-refractivity contribution in [3.63, 3.8) is 0 Å². The molecule has 0 atom stereocenters. The Kier molecular flexibility index (Phi) is 5.29. The van der Waals surface area contributed by atoms with Crippen molar-refractivity contribution in [2.75, 3.05) is 0 Å². The average molecular weight is 423 g/mol. The molecule has 2 nitrogen and oxygen atoms in total. The Labute approximate surface area is 191 Å². The smallest absolute Gasteiger partial charge is 0.189 e. The maximum absolute atomic E-state index is 13.0. The summed E-state index contributed by atoms with van der Waals surface area (Å²) in [6.45, 7) is 16.1. The third-order valence-electron chi connectivity index (χ3n) is 7.37. The van der Waals surface area contributed by atoms with Gasteiger partial charge in [0.25, 0.3) is 0 Å². The number of hydrogen-bond acceptors (Lipinski definition) is 2. The van der Waals surface area contributed by atoms with E-state index in [1.807, 2.05) is 53.7 Å². The van der Waals surface area contributed by atoms with Crippen LogP contribution < -0.4 is 0 Å². The van der Waals surface area contributed by atoms with Gasteiger partial charge in [0.1, 0.15) is 0 Å². The van der Waals surface area contributed by atoms with Gasteiger partial charge in [0.2, 0.25) is 0 Å². The second kappa shape index (κ2) is 7.70. The average Bonchev–Trinajstić information content (AvgIpc) is 2.75. The predicted molar refractivity (Wildman–Crippen MR) is 133 cm³/mol. The molecule has 32 heavy (non-hydrogen) atoms. The van der Waals surface area contributed by atoms with Gasteiger partial charge < -0.3 is 0 Å². The minimum Gasteiger partial charge on any atom is -0.289 e. The molecule has 0 saturated heterocycles. The zero-order chi connectivity index (χ0) is 23.5. The summed E-state index contributed by atoms with van der Waals surface area (Å²) in [5, 5.41) is 0. The Bertz CT molecular complexity index is 1250. The molecular weight excluding hydrogens is 392 g/mol. The molecule has 2 aliphatic carbocycles. The standard InChI is InChI=1S/C30H30O2/c1-15-11-25-23(19(5)21(7)29(31)27(25)13-17(15)3)9-10-24-20(6)22(8)30(32)28-14-18(4)16(2)12-26(24)28/h9-14H,1-8H3/b23-9-,24-10+. The van der Waals surface area contributed by atoms with Gasteiger partial charge in [-0.1, -0.05) is 24.3 Å². The van der Waals surface area contributed by atoms with Crippen molar-refractivity contribution in [3.8, 4) is 0 Å². The molecule has 162 valence electrons. The molecular formula is C30H30O2. The van der Waals surface area contributed by atoms with Crippen molar-refractivity contribution >= 4 is 22.7 Å². The molecule has 0 saturated carbocycles. The fourth-order valence-corrected chi connectivity index (χ4v) is 4.60. The topological polar surface area (TPSA) is 34.1 Å². The molecule has 0 N–H and O–H groups in total. The first kappa shape index (κ1) is 22.0. The lowest BCUT2D eigenvalue weighted by Crippen LogP contribution is -2.15.